The Bertz CT molecular complexity index is 236. The molecular formula is C15H32O2S. The third-order valence-corrected chi connectivity index (χ3v) is 3.69. The summed E-state index contributed by atoms with van der Waals surface area (Å²) in [6.45, 7) is 15.4. The molecule has 1 unspecified atom stereocenters. The molecule has 18 heavy (non-hydrogen) atoms. The van der Waals surface area contributed by atoms with E-state index in [0.29, 0.717) is 23.7 Å². The second-order valence-electron chi connectivity index (χ2n) is 7.11. The van der Waals surface area contributed by atoms with Crippen molar-refractivity contribution in [2.75, 3.05) is 12.4 Å². The van der Waals surface area contributed by atoms with Gasteiger partial charge >= 0.3 is 5.97 Å². The number of hydrogen-bond donors (Lipinski definition) is 0. The first kappa shape index (κ1) is 20.1. The van der Waals surface area contributed by atoms with Gasteiger partial charge in [-0.15, -0.1) is 0 Å². The first-order valence-corrected chi connectivity index (χ1v) is 7.32. The van der Waals surface area contributed by atoms with Crippen LogP contribution in [0.15, 0.2) is 0 Å². The molecule has 3 heteroatoms. The highest BCUT2D eigenvalue weighted by Crippen LogP contribution is 2.25. The number of thioether (sulfide) groups is 1. The van der Waals surface area contributed by atoms with Crippen LogP contribution in [0, 0.1) is 10.8 Å². The summed E-state index contributed by atoms with van der Waals surface area (Å²) < 4.78 is 5.26. The van der Waals surface area contributed by atoms with Crippen LogP contribution < -0.4 is 0 Å². The number of carbonyl (C=O) groups excluding carboxylic acids is 1. The second kappa shape index (κ2) is 8.08. The van der Waals surface area contributed by atoms with Crippen molar-refractivity contribution in [3.63, 3.8) is 0 Å². The van der Waals surface area contributed by atoms with Crippen molar-refractivity contribution in [1.29, 1.82) is 0 Å². The van der Waals surface area contributed by atoms with Gasteiger partial charge in [0.15, 0.2) is 0 Å². The maximum atomic E-state index is 11.6. The van der Waals surface area contributed by atoms with Crippen molar-refractivity contribution < 1.29 is 9.53 Å². The Morgan fingerprint density at radius 2 is 1.61 bits per heavy atom. The maximum Gasteiger partial charge on any atom is 0.306 e. The third kappa shape index (κ3) is 13.9. The summed E-state index contributed by atoms with van der Waals surface area (Å²) in [5.41, 5.74) is 0.367. The Balaban J connectivity index is 0. The van der Waals surface area contributed by atoms with Gasteiger partial charge in [0.05, 0.1) is 13.0 Å². The topological polar surface area (TPSA) is 26.3 Å². The Morgan fingerprint density at radius 3 is 2.00 bits per heavy atom. The minimum Gasteiger partial charge on any atom is -0.465 e. The molecule has 0 saturated heterocycles. The lowest BCUT2D eigenvalue weighted by Crippen LogP contribution is -2.20. The minimum absolute atomic E-state index is 0. The number of rotatable bonds is 5. The van der Waals surface area contributed by atoms with Gasteiger partial charge < -0.3 is 4.74 Å². The van der Waals surface area contributed by atoms with Crippen molar-refractivity contribution >= 4 is 17.7 Å². The molecule has 0 heterocycles. The van der Waals surface area contributed by atoms with E-state index in [1.54, 1.807) is 0 Å². The van der Waals surface area contributed by atoms with Crippen LogP contribution in [-0.2, 0) is 9.53 Å². The standard InChI is InChI=1S/C14H28O2S.CH4/c1-11(17-10-14(5,6)7)8-12(15)16-9-13(2,3)4;/h11H,8-10H2,1-7H3;1H4. The molecule has 2 nitrogen and oxygen atoms in total. The van der Waals surface area contributed by atoms with Crippen LogP contribution >= 0.6 is 11.8 Å². The van der Waals surface area contributed by atoms with E-state index in [1.165, 1.54) is 0 Å². The molecule has 0 radical (unpaired) electrons. The molecule has 1 atom stereocenters. The first-order chi connectivity index (χ1) is 7.49. The molecular weight excluding hydrogens is 244 g/mol. The summed E-state index contributed by atoms with van der Waals surface area (Å²) in [4.78, 5) is 11.6. The Labute approximate surface area is 118 Å². The number of carbonyl (C=O) groups is 1. The Morgan fingerprint density at radius 1 is 1.11 bits per heavy atom. The van der Waals surface area contributed by atoms with E-state index < -0.39 is 0 Å². The maximum absolute atomic E-state index is 11.6. The molecule has 0 bridgehead atoms. The first-order valence-electron chi connectivity index (χ1n) is 6.27. The average Bonchev–Trinajstić information content (AvgIpc) is 2.09. The monoisotopic (exact) mass is 276 g/mol. The molecule has 0 aliphatic carbocycles. The summed E-state index contributed by atoms with van der Waals surface area (Å²) >= 11 is 1.84. The zero-order valence-electron chi connectivity index (χ0n) is 12.4. The molecule has 0 saturated carbocycles. The van der Waals surface area contributed by atoms with Crippen LogP contribution in [0.2, 0.25) is 0 Å². The van der Waals surface area contributed by atoms with Crippen LogP contribution in [0.4, 0.5) is 0 Å². The quantitative estimate of drug-likeness (QED) is 0.677. The summed E-state index contributed by atoms with van der Waals surface area (Å²) in [7, 11) is 0. The van der Waals surface area contributed by atoms with E-state index in [4.69, 9.17) is 4.74 Å². The van der Waals surface area contributed by atoms with E-state index in [2.05, 4.69) is 48.5 Å². The highest BCUT2D eigenvalue weighted by atomic mass is 32.2. The van der Waals surface area contributed by atoms with Crippen LogP contribution in [0.3, 0.4) is 0 Å². The number of esters is 1. The summed E-state index contributed by atoms with van der Waals surface area (Å²) in [5.74, 6) is 0.995. The largest absolute Gasteiger partial charge is 0.465 e. The lowest BCUT2D eigenvalue weighted by atomic mass is 9.99. The van der Waals surface area contributed by atoms with Crippen LogP contribution in [-0.4, -0.2) is 23.6 Å². The number of hydrogen-bond acceptors (Lipinski definition) is 3. The van der Waals surface area contributed by atoms with Gasteiger partial charge in [-0.3, -0.25) is 4.79 Å². The highest BCUT2D eigenvalue weighted by Gasteiger charge is 2.18. The number of ether oxygens (including phenoxy) is 1. The van der Waals surface area contributed by atoms with Crippen LogP contribution in [0.25, 0.3) is 0 Å². The van der Waals surface area contributed by atoms with Crippen molar-refractivity contribution in [3.05, 3.63) is 0 Å². The lowest BCUT2D eigenvalue weighted by molar-refractivity contribution is -0.146. The van der Waals surface area contributed by atoms with E-state index >= 15 is 0 Å². The molecule has 0 amide bonds. The second-order valence-corrected chi connectivity index (χ2v) is 8.53. The van der Waals surface area contributed by atoms with Crippen molar-refractivity contribution in [2.45, 2.75) is 67.6 Å². The predicted molar refractivity (Wildman–Crippen MR) is 83.1 cm³/mol. The lowest BCUT2D eigenvalue weighted by Gasteiger charge is -2.21. The van der Waals surface area contributed by atoms with Crippen LogP contribution in [0.5, 0.6) is 0 Å². The molecule has 0 aliphatic heterocycles. The van der Waals surface area contributed by atoms with Gasteiger partial charge in [0, 0.05) is 5.25 Å². The van der Waals surface area contributed by atoms with E-state index in [9.17, 15) is 4.79 Å². The zero-order chi connectivity index (χ0) is 13.7. The minimum atomic E-state index is -0.0752. The predicted octanol–water partition coefficient (Wildman–Crippen LogP) is 4.77. The molecule has 0 N–H and O–H groups in total. The molecule has 0 rings (SSSR count). The Kier molecular flexibility index (Phi) is 9.05. The zero-order valence-corrected chi connectivity index (χ0v) is 13.2. The molecule has 0 fully saturated rings. The molecule has 110 valence electrons. The van der Waals surface area contributed by atoms with Gasteiger partial charge in [-0.25, -0.2) is 0 Å². The highest BCUT2D eigenvalue weighted by molar-refractivity contribution is 7.99. The summed E-state index contributed by atoms with van der Waals surface area (Å²) in [5, 5.41) is 0.335. The third-order valence-electron chi connectivity index (χ3n) is 1.92. The fraction of sp³-hybridized carbons (Fsp3) is 0.933. The molecule has 0 aliphatic rings. The van der Waals surface area contributed by atoms with E-state index in [-0.39, 0.29) is 18.8 Å². The van der Waals surface area contributed by atoms with Gasteiger partial charge in [0.1, 0.15) is 0 Å². The smallest absolute Gasteiger partial charge is 0.306 e. The van der Waals surface area contributed by atoms with Crippen molar-refractivity contribution in [1.82, 2.24) is 0 Å². The Hall–Kier alpha value is -0.180. The molecule has 0 aromatic rings. The van der Waals surface area contributed by atoms with Gasteiger partial charge in [-0.05, 0) is 16.6 Å². The van der Waals surface area contributed by atoms with Crippen molar-refractivity contribution in [2.24, 2.45) is 10.8 Å². The van der Waals surface area contributed by atoms with E-state index in [0.717, 1.165) is 5.75 Å². The fourth-order valence-corrected chi connectivity index (χ4v) is 2.08. The van der Waals surface area contributed by atoms with Gasteiger partial charge in [0.2, 0.25) is 0 Å². The molecule has 0 aromatic heterocycles. The van der Waals surface area contributed by atoms with Crippen molar-refractivity contribution in [3.8, 4) is 0 Å². The average molecular weight is 276 g/mol. The summed E-state index contributed by atoms with van der Waals surface area (Å²) in [6, 6.07) is 0. The summed E-state index contributed by atoms with van der Waals surface area (Å²) in [6.07, 6.45) is 0.511. The SMILES string of the molecule is C.CC(CC(=O)OCC(C)(C)C)SCC(C)(C)C. The van der Waals surface area contributed by atoms with E-state index in [1.807, 2.05) is 11.8 Å². The van der Waals surface area contributed by atoms with Gasteiger partial charge in [0.25, 0.3) is 0 Å². The fourth-order valence-electron chi connectivity index (χ4n) is 1.04. The van der Waals surface area contributed by atoms with Gasteiger partial charge in [-0.1, -0.05) is 55.9 Å². The molecule has 0 spiro atoms. The molecule has 0 aromatic carbocycles. The van der Waals surface area contributed by atoms with Gasteiger partial charge in [-0.2, -0.15) is 11.8 Å². The van der Waals surface area contributed by atoms with Crippen LogP contribution in [0.1, 0.15) is 62.3 Å². The normalized spacial score (nSPS) is 13.7.